The number of aromatic nitrogens is 1. The van der Waals surface area contributed by atoms with Gasteiger partial charge in [-0.3, -0.25) is 9.59 Å². The van der Waals surface area contributed by atoms with Crippen LogP contribution in [-0.4, -0.2) is 34.4 Å². The molecule has 0 radical (unpaired) electrons. The molecule has 1 aromatic heterocycles. The molecule has 2 aromatic rings. The fourth-order valence-corrected chi connectivity index (χ4v) is 4.31. The summed E-state index contributed by atoms with van der Waals surface area (Å²) < 4.78 is 3.13. The second-order valence-corrected chi connectivity index (χ2v) is 7.88. The van der Waals surface area contributed by atoms with Crippen molar-refractivity contribution in [1.82, 2.24) is 14.9 Å². The Morgan fingerprint density at radius 1 is 1.12 bits per heavy atom. The van der Waals surface area contributed by atoms with E-state index in [1.807, 2.05) is 40.8 Å². The van der Waals surface area contributed by atoms with Gasteiger partial charge in [0.2, 0.25) is 16.6 Å². The van der Waals surface area contributed by atoms with Gasteiger partial charge in [0.15, 0.2) is 0 Å². The van der Waals surface area contributed by atoms with Crippen molar-refractivity contribution in [1.29, 1.82) is 0 Å². The molecule has 2 aliphatic rings. The minimum absolute atomic E-state index is 0.0454. The number of thiazole rings is 1. The standard InChI is InChI=1S/C18H22N4O2S/c1-21-14-4-2-3-5-15(14)25-18(21)20-19-16(23)12-8-10-22(11-9-12)17(24)13-6-7-13/h2-5,12-13H,6-11H2,1H3,(H,19,23)/b20-18-. The molecule has 1 saturated carbocycles. The third-order valence-corrected chi connectivity index (χ3v) is 6.19. The summed E-state index contributed by atoms with van der Waals surface area (Å²) >= 11 is 1.56. The van der Waals surface area contributed by atoms with Gasteiger partial charge in [0.05, 0.1) is 10.2 Å². The summed E-state index contributed by atoms with van der Waals surface area (Å²) in [4.78, 5) is 27.2. The molecule has 6 nitrogen and oxygen atoms in total. The van der Waals surface area contributed by atoms with Crippen molar-refractivity contribution in [3.63, 3.8) is 0 Å². The van der Waals surface area contributed by atoms with Crippen molar-refractivity contribution in [3.05, 3.63) is 29.1 Å². The Hall–Kier alpha value is -2.15. The molecule has 2 amide bonds. The van der Waals surface area contributed by atoms with E-state index in [2.05, 4.69) is 10.5 Å². The van der Waals surface area contributed by atoms with E-state index in [9.17, 15) is 9.59 Å². The molecule has 4 rings (SSSR count). The predicted molar refractivity (Wildman–Crippen MR) is 96.5 cm³/mol. The van der Waals surface area contributed by atoms with E-state index in [4.69, 9.17) is 0 Å². The lowest BCUT2D eigenvalue weighted by molar-refractivity contribution is -0.136. The van der Waals surface area contributed by atoms with Gasteiger partial charge in [-0.15, -0.1) is 5.10 Å². The Morgan fingerprint density at radius 2 is 1.84 bits per heavy atom. The number of benzene rings is 1. The van der Waals surface area contributed by atoms with Crippen LogP contribution in [0.2, 0.25) is 0 Å². The van der Waals surface area contributed by atoms with E-state index in [1.54, 1.807) is 11.3 Å². The highest BCUT2D eigenvalue weighted by Crippen LogP contribution is 2.32. The minimum atomic E-state index is -0.0633. The second kappa shape index (κ2) is 6.63. The number of amides is 2. The van der Waals surface area contributed by atoms with Gasteiger partial charge in [0.1, 0.15) is 0 Å². The summed E-state index contributed by atoms with van der Waals surface area (Å²) in [6, 6.07) is 8.08. The number of hydrogen-bond acceptors (Lipinski definition) is 4. The Labute approximate surface area is 150 Å². The zero-order valence-electron chi connectivity index (χ0n) is 14.3. The van der Waals surface area contributed by atoms with E-state index >= 15 is 0 Å². The number of rotatable bonds is 3. The molecule has 2 heterocycles. The van der Waals surface area contributed by atoms with Gasteiger partial charge in [-0.1, -0.05) is 23.5 Å². The lowest BCUT2D eigenvalue weighted by Gasteiger charge is -2.31. The normalized spacial score (nSPS) is 19.4. The number of nitrogens with one attached hydrogen (secondary N) is 1. The number of aryl methyl sites for hydroxylation is 1. The molecule has 7 heteroatoms. The van der Waals surface area contributed by atoms with E-state index in [0.717, 1.165) is 40.7 Å². The number of carbonyl (C=O) groups is 2. The van der Waals surface area contributed by atoms with Gasteiger partial charge in [-0.2, -0.15) is 0 Å². The number of nitrogens with zero attached hydrogens (tertiary/aromatic N) is 3. The lowest BCUT2D eigenvalue weighted by atomic mass is 9.96. The van der Waals surface area contributed by atoms with Crippen LogP contribution < -0.4 is 10.2 Å². The molecular formula is C18H22N4O2S. The largest absolute Gasteiger partial charge is 0.342 e. The van der Waals surface area contributed by atoms with Gasteiger partial charge >= 0.3 is 0 Å². The topological polar surface area (TPSA) is 66.7 Å². The number of hydrogen-bond donors (Lipinski definition) is 1. The number of fused-ring (bicyclic) bond motifs is 1. The smallest absolute Gasteiger partial charge is 0.243 e. The Kier molecular flexibility index (Phi) is 4.33. The van der Waals surface area contributed by atoms with Crippen molar-refractivity contribution in [2.45, 2.75) is 25.7 Å². The fraction of sp³-hybridized carbons (Fsp3) is 0.500. The SMILES string of the molecule is Cn1/c(=N/NC(=O)C2CCN(C(=O)C3CC3)CC2)sc2ccccc21. The van der Waals surface area contributed by atoms with Crippen LogP contribution in [0.1, 0.15) is 25.7 Å². The van der Waals surface area contributed by atoms with Crippen molar-refractivity contribution in [3.8, 4) is 0 Å². The minimum Gasteiger partial charge on any atom is -0.342 e. The summed E-state index contributed by atoms with van der Waals surface area (Å²) in [5, 5.41) is 4.31. The van der Waals surface area contributed by atoms with Crippen LogP contribution in [0, 0.1) is 11.8 Å². The monoisotopic (exact) mass is 358 g/mol. The first-order chi connectivity index (χ1) is 12.1. The molecule has 0 atom stereocenters. The van der Waals surface area contributed by atoms with Gasteiger partial charge in [0, 0.05) is 32.0 Å². The van der Waals surface area contributed by atoms with Crippen LogP contribution in [0.3, 0.4) is 0 Å². The van der Waals surface area contributed by atoms with Gasteiger partial charge in [-0.05, 0) is 37.8 Å². The number of carbonyl (C=O) groups excluding carboxylic acids is 2. The summed E-state index contributed by atoms with van der Waals surface area (Å²) in [5.74, 6) is 0.428. The van der Waals surface area contributed by atoms with Gasteiger partial charge in [-0.25, -0.2) is 5.43 Å². The van der Waals surface area contributed by atoms with E-state index in [-0.39, 0.29) is 23.7 Å². The summed E-state index contributed by atoms with van der Waals surface area (Å²) in [6.07, 6.45) is 3.51. The van der Waals surface area contributed by atoms with Crippen molar-refractivity contribution in [2.24, 2.45) is 24.0 Å². The van der Waals surface area contributed by atoms with E-state index in [0.29, 0.717) is 13.1 Å². The van der Waals surface area contributed by atoms with Crippen LogP contribution in [-0.2, 0) is 16.6 Å². The quantitative estimate of drug-likeness (QED) is 0.851. The Morgan fingerprint density at radius 3 is 2.52 bits per heavy atom. The van der Waals surface area contributed by atoms with Crippen LogP contribution in [0.5, 0.6) is 0 Å². The predicted octanol–water partition coefficient (Wildman–Crippen LogP) is 1.82. The zero-order valence-corrected chi connectivity index (χ0v) is 15.1. The Balaban J connectivity index is 1.39. The van der Waals surface area contributed by atoms with E-state index < -0.39 is 0 Å². The van der Waals surface area contributed by atoms with Crippen molar-refractivity contribution < 1.29 is 9.59 Å². The summed E-state index contributed by atoms with van der Waals surface area (Å²) in [6.45, 7) is 1.37. The fourth-order valence-electron chi connectivity index (χ4n) is 3.33. The Bertz CT molecular complexity index is 873. The maximum Gasteiger partial charge on any atom is 0.243 e. The molecule has 1 aliphatic heterocycles. The van der Waals surface area contributed by atoms with E-state index in [1.165, 1.54) is 0 Å². The molecular weight excluding hydrogens is 336 g/mol. The molecule has 1 saturated heterocycles. The first-order valence-corrected chi connectivity index (χ1v) is 9.62. The van der Waals surface area contributed by atoms with Crippen LogP contribution in [0.25, 0.3) is 10.2 Å². The second-order valence-electron chi connectivity index (χ2n) is 6.87. The molecule has 1 N–H and O–H groups in total. The average molecular weight is 358 g/mol. The highest BCUT2D eigenvalue weighted by atomic mass is 32.1. The van der Waals surface area contributed by atoms with Crippen molar-refractivity contribution in [2.75, 3.05) is 13.1 Å². The summed E-state index contributed by atoms with van der Waals surface area (Å²) in [5.41, 5.74) is 3.83. The van der Waals surface area contributed by atoms with Crippen LogP contribution >= 0.6 is 11.3 Å². The first kappa shape index (κ1) is 16.3. The van der Waals surface area contributed by atoms with Crippen LogP contribution in [0.15, 0.2) is 29.4 Å². The van der Waals surface area contributed by atoms with Crippen LogP contribution in [0.4, 0.5) is 0 Å². The number of piperidine rings is 1. The molecule has 1 aromatic carbocycles. The van der Waals surface area contributed by atoms with Gasteiger partial charge < -0.3 is 9.47 Å². The molecule has 25 heavy (non-hydrogen) atoms. The molecule has 0 bridgehead atoms. The van der Waals surface area contributed by atoms with Crippen molar-refractivity contribution >= 4 is 33.4 Å². The lowest BCUT2D eigenvalue weighted by Crippen LogP contribution is -2.43. The number of likely N-dealkylation sites (tertiary alicyclic amines) is 1. The average Bonchev–Trinajstić information content (AvgIpc) is 3.45. The molecule has 1 aliphatic carbocycles. The molecule has 2 fully saturated rings. The highest BCUT2D eigenvalue weighted by Gasteiger charge is 2.35. The molecule has 0 unspecified atom stereocenters. The third-order valence-electron chi connectivity index (χ3n) is 5.08. The summed E-state index contributed by atoms with van der Waals surface area (Å²) in [7, 11) is 1.95. The first-order valence-electron chi connectivity index (χ1n) is 8.80. The maximum atomic E-state index is 12.4. The van der Waals surface area contributed by atoms with Gasteiger partial charge in [0.25, 0.3) is 0 Å². The third kappa shape index (κ3) is 3.33. The molecule has 132 valence electrons. The highest BCUT2D eigenvalue weighted by molar-refractivity contribution is 7.16. The number of para-hydroxylation sites is 1. The maximum absolute atomic E-state index is 12.4. The zero-order chi connectivity index (χ0) is 17.4. The molecule has 0 spiro atoms.